The largest absolute Gasteiger partial charge is 0.459 e. The van der Waals surface area contributed by atoms with E-state index in [2.05, 4.69) is 20.2 Å². The van der Waals surface area contributed by atoms with Crippen LogP contribution in [0.3, 0.4) is 0 Å². The molecule has 0 bridgehead atoms. The van der Waals surface area contributed by atoms with Crippen LogP contribution in [-0.4, -0.2) is 52.9 Å². The van der Waals surface area contributed by atoms with Gasteiger partial charge in [-0.1, -0.05) is 6.07 Å². The van der Waals surface area contributed by atoms with Crippen LogP contribution < -0.4 is 10.2 Å². The highest BCUT2D eigenvalue weighted by Gasteiger charge is 2.24. The van der Waals surface area contributed by atoms with E-state index in [0.29, 0.717) is 44.2 Å². The minimum atomic E-state index is -0.246. The zero-order chi connectivity index (χ0) is 20.1. The van der Waals surface area contributed by atoms with Gasteiger partial charge in [-0.05, 0) is 36.4 Å². The third-order valence-electron chi connectivity index (χ3n) is 4.80. The predicted molar refractivity (Wildman–Crippen MR) is 106 cm³/mol. The van der Waals surface area contributed by atoms with Crippen LogP contribution in [0, 0.1) is 0 Å². The van der Waals surface area contributed by atoms with E-state index in [9.17, 15) is 9.59 Å². The number of amides is 2. The van der Waals surface area contributed by atoms with Gasteiger partial charge in [-0.3, -0.25) is 19.6 Å². The number of carbonyl (C=O) groups excluding carboxylic acids is 2. The number of nitrogens with one attached hydrogen (secondary N) is 1. The van der Waals surface area contributed by atoms with Gasteiger partial charge in [0.2, 0.25) is 0 Å². The third-order valence-corrected chi connectivity index (χ3v) is 4.80. The molecule has 2 amide bonds. The number of piperazine rings is 1. The summed E-state index contributed by atoms with van der Waals surface area (Å²) < 4.78 is 5.20. The van der Waals surface area contributed by atoms with Crippen molar-refractivity contribution in [3.8, 4) is 0 Å². The molecule has 0 radical (unpaired) electrons. The number of rotatable bonds is 5. The zero-order valence-corrected chi connectivity index (χ0v) is 15.8. The summed E-state index contributed by atoms with van der Waals surface area (Å²) in [6.07, 6.45) is 4.82. The lowest BCUT2D eigenvalue weighted by atomic mass is 10.2. The second-order valence-corrected chi connectivity index (χ2v) is 6.66. The maximum Gasteiger partial charge on any atom is 0.289 e. The molecule has 0 unspecified atom stereocenters. The van der Waals surface area contributed by atoms with Gasteiger partial charge in [-0.15, -0.1) is 0 Å². The summed E-state index contributed by atoms with van der Waals surface area (Å²) in [6.45, 7) is 2.86. The van der Waals surface area contributed by atoms with E-state index in [-0.39, 0.29) is 11.8 Å². The fourth-order valence-electron chi connectivity index (χ4n) is 3.23. The fraction of sp³-hybridized carbons (Fsp3) is 0.238. The Kier molecular flexibility index (Phi) is 5.51. The number of aromatic nitrogens is 2. The minimum absolute atomic E-state index is 0.0982. The van der Waals surface area contributed by atoms with Crippen molar-refractivity contribution in [3.05, 3.63) is 78.3 Å². The molecule has 0 aliphatic carbocycles. The molecular formula is C21H21N5O3. The molecule has 148 valence electrons. The molecule has 1 fully saturated rings. The first kappa shape index (κ1) is 18.7. The molecular weight excluding hydrogens is 370 g/mol. The Hall–Kier alpha value is -3.68. The summed E-state index contributed by atoms with van der Waals surface area (Å²) >= 11 is 0. The minimum Gasteiger partial charge on any atom is -0.459 e. The van der Waals surface area contributed by atoms with Crippen molar-refractivity contribution in [3.63, 3.8) is 0 Å². The molecule has 4 rings (SSSR count). The number of carbonyl (C=O) groups is 2. The number of pyridine rings is 2. The Bertz CT molecular complexity index is 967. The molecule has 1 aliphatic rings. The van der Waals surface area contributed by atoms with Crippen LogP contribution in [0.15, 0.2) is 65.5 Å². The molecule has 1 aliphatic heterocycles. The summed E-state index contributed by atoms with van der Waals surface area (Å²) in [4.78, 5) is 37.1. The molecule has 1 saturated heterocycles. The monoisotopic (exact) mass is 391 g/mol. The van der Waals surface area contributed by atoms with Gasteiger partial charge in [0.15, 0.2) is 5.76 Å². The van der Waals surface area contributed by atoms with Crippen molar-refractivity contribution < 1.29 is 14.0 Å². The number of anilines is 1. The maximum absolute atomic E-state index is 12.4. The van der Waals surface area contributed by atoms with Crippen LogP contribution in [0.1, 0.15) is 26.7 Å². The SMILES string of the molecule is O=C(NCc1ccccn1)c1cc(N2CCN(C(=O)c3ccco3)CC2)ccn1. The molecule has 0 aromatic carbocycles. The molecule has 8 heteroatoms. The number of hydrogen-bond acceptors (Lipinski definition) is 6. The molecule has 0 saturated carbocycles. The Morgan fingerprint density at radius 1 is 1.00 bits per heavy atom. The van der Waals surface area contributed by atoms with Gasteiger partial charge in [0.05, 0.1) is 18.5 Å². The molecule has 3 aromatic heterocycles. The Balaban J connectivity index is 1.35. The van der Waals surface area contributed by atoms with Gasteiger partial charge in [-0.25, -0.2) is 0 Å². The number of furan rings is 1. The van der Waals surface area contributed by atoms with E-state index in [0.717, 1.165) is 11.4 Å². The van der Waals surface area contributed by atoms with Gasteiger partial charge in [0, 0.05) is 44.3 Å². The molecule has 1 N–H and O–H groups in total. The molecule has 29 heavy (non-hydrogen) atoms. The highest BCUT2D eigenvalue weighted by atomic mass is 16.3. The highest BCUT2D eigenvalue weighted by molar-refractivity contribution is 5.93. The lowest BCUT2D eigenvalue weighted by molar-refractivity contribution is 0.0714. The second kappa shape index (κ2) is 8.55. The lowest BCUT2D eigenvalue weighted by Crippen LogP contribution is -2.48. The van der Waals surface area contributed by atoms with Gasteiger partial charge < -0.3 is 19.5 Å². The van der Waals surface area contributed by atoms with Crippen LogP contribution in [0.25, 0.3) is 0 Å². The zero-order valence-electron chi connectivity index (χ0n) is 15.8. The summed E-state index contributed by atoms with van der Waals surface area (Å²) in [5, 5.41) is 2.84. The smallest absolute Gasteiger partial charge is 0.289 e. The molecule has 4 heterocycles. The molecule has 0 atom stereocenters. The van der Waals surface area contributed by atoms with Crippen molar-refractivity contribution in [2.75, 3.05) is 31.1 Å². The van der Waals surface area contributed by atoms with E-state index in [1.54, 1.807) is 35.5 Å². The third kappa shape index (κ3) is 4.43. The van der Waals surface area contributed by atoms with Crippen molar-refractivity contribution in [1.29, 1.82) is 0 Å². The molecule has 8 nitrogen and oxygen atoms in total. The first-order chi connectivity index (χ1) is 14.2. The summed E-state index contributed by atoms with van der Waals surface area (Å²) in [5.74, 6) is 0.0114. The number of hydrogen-bond donors (Lipinski definition) is 1. The van der Waals surface area contributed by atoms with Crippen molar-refractivity contribution in [2.24, 2.45) is 0 Å². The van der Waals surface area contributed by atoms with Crippen molar-refractivity contribution in [1.82, 2.24) is 20.2 Å². The second-order valence-electron chi connectivity index (χ2n) is 6.66. The normalized spacial score (nSPS) is 13.9. The predicted octanol–water partition coefficient (Wildman–Crippen LogP) is 1.96. The first-order valence-corrected chi connectivity index (χ1v) is 9.42. The van der Waals surface area contributed by atoms with E-state index < -0.39 is 0 Å². The van der Waals surface area contributed by atoms with E-state index in [1.165, 1.54) is 6.26 Å². The summed E-state index contributed by atoms with van der Waals surface area (Å²) in [7, 11) is 0. The van der Waals surface area contributed by atoms with Gasteiger partial charge >= 0.3 is 0 Å². The Morgan fingerprint density at radius 3 is 2.59 bits per heavy atom. The van der Waals surface area contributed by atoms with Crippen LogP contribution in [0.2, 0.25) is 0 Å². The van der Waals surface area contributed by atoms with Gasteiger partial charge in [-0.2, -0.15) is 0 Å². The quantitative estimate of drug-likeness (QED) is 0.715. The van der Waals surface area contributed by atoms with Crippen LogP contribution in [-0.2, 0) is 6.54 Å². The first-order valence-electron chi connectivity index (χ1n) is 9.42. The average molecular weight is 391 g/mol. The van der Waals surface area contributed by atoms with Gasteiger partial charge in [0.25, 0.3) is 11.8 Å². The van der Waals surface area contributed by atoms with E-state index in [4.69, 9.17) is 4.42 Å². The van der Waals surface area contributed by atoms with E-state index >= 15 is 0 Å². The topological polar surface area (TPSA) is 91.6 Å². The Morgan fingerprint density at radius 2 is 1.86 bits per heavy atom. The number of nitrogens with zero attached hydrogens (tertiary/aromatic N) is 4. The van der Waals surface area contributed by atoms with Crippen molar-refractivity contribution >= 4 is 17.5 Å². The van der Waals surface area contributed by atoms with Crippen LogP contribution >= 0.6 is 0 Å². The average Bonchev–Trinajstić information content (AvgIpc) is 3.33. The Labute approximate surface area is 168 Å². The molecule has 3 aromatic rings. The van der Waals surface area contributed by atoms with Crippen LogP contribution in [0.5, 0.6) is 0 Å². The standard InChI is InChI=1S/C21H21N5O3/c27-20(24-15-16-4-1-2-7-22-16)18-14-17(6-8-23-18)25-9-11-26(12-10-25)21(28)19-5-3-13-29-19/h1-8,13-14H,9-12,15H2,(H,24,27). The summed E-state index contributed by atoms with van der Waals surface area (Å²) in [6, 6.07) is 12.6. The highest BCUT2D eigenvalue weighted by Crippen LogP contribution is 2.18. The fourth-order valence-corrected chi connectivity index (χ4v) is 3.23. The maximum atomic E-state index is 12.4. The molecule has 0 spiro atoms. The van der Waals surface area contributed by atoms with Gasteiger partial charge in [0.1, 0.15) is 5.69 Å². The lowest BCUT2D eigenvalue weighted by Gasteiger charge is -2.35. The van der Waals surface area contributed by atoms with E-state index in [1.807, 2.05) is 24.3 Å². The van der Waals surface area contributed by atoms with Crippen LogP contribution in [0.4, 0.5) is 5.69 Å². The van der Waals surface area contributed by atoms with Crippen molar-refractivity contribution in [2.45, 2.75) is 6.54 Å². The summed E-state index contributed by atoms with van der Waals surface area (Å²) in [5.41, 5.74) is 2.05.